The van der Waals surface area contributed by atoms with E-state index in [4.69, 9.17) is 0 Å². The first kappa shape index (κ1) is 19.3. The number of aromatic nitrogens is 3. The summed E-state index contributed by atoms with van der Waals surface area (Å²) in [5.74, 6) is 0.0189. The van der Waals surface area contributed by atoms with Gasteiger partial charge in [0.1, 0.15) is 5.69 Å². The molecule has 1 aromatic carbocycles. The second-order valence-electron chi connectivity index (χ2n) is 7.32. The van der Waals surface area contributed by atoms with Gasteiger partial charge in [0.05, 0.1) is 18.4 Å². The molecule has 0 saturated carbocycles. The van der Waals surface area contributed by atoms with Gasteiger partial charge in [0, 0.05) is 29.7 Å². The number of carbonyl (C=O) groups is 2. The molecule has 8 heteroatoms. The molecule has 7 nitrogen and oxygen atoms in total. The van der Waals surface area contributed by atoms with Crippen LogP contribution in [0.5, 0.6) is 0 Å². The summed E-state index contributed by atoms with van der Waals surface area (Å²) in [6.45, 7) is 0.329. The summed E-state index contributed by atoms with van der Waals surface area (Å²) in [6, 6.07) is 13.7. The molecule has 0 bridgehead atoms. The summed E-state index contributed by atoms with van der Waals surface area (Å²) in [6.07, 6.45) is 4.70. The highest BCUT2D eigenvalue weighted by Gasteiger charge is 2.38. The van der Waals surface area contributed by atoms with Crippen LogP contribution in [-0.4, -0.2) is 32.3 Å². The van der Waals surface area contributed by atoms with Gasteiger partial charge in [0.15, 0.2) is 0 Å². The van der Waals surface area contributed by atoms with E-state index in [0.717, 1.165) is 18.5 Å². The Kier molecular flexibility index (Phi) is 5.71. The van der Waals surface area contributed by atoms with Gasteiger partial charge in [0.25, 0.3) is 0 Å². The zero-order chi connectivity index (χ0) is 20.1. The Bertz CT molecular complexity index is 970. The fourth-order valence-corrected chi connectivity index (χ4v) is 4.47. The van der Waals surface area contributed by atoms with Crippen LogP contribution in [0, 0.1) is 0 Å². The monoisotopic (exact) mass is 409 g/mol. The van der Waals surface area contributed by atoms with Crippen molar-refractivity contribution in [2.75, 3.05) is 0 Å². The quantitative estimate of drug-likeness (QED) is 0.599. The fourth-order valence-electron chi connectivity index (χ4n) is 3.62. The van der Waals surface area contributed by atoms with Crippen molar-refractivity contribution in [3.8, 4) is 5.69 Å². The number of carbonyl (C=O) groups excluding carboxylic acids is 2. The van der Waals surface area contributed by atoms with E-state index in [1.165, 1.54) is 4.88 Å². The van der Waals surface area contributed by atoms with Crippen LogP contribution in [0.1, 0.15) is 36.3 Å². The van der Waals surface area contributed by atoms with Crippen molar-refractivity contribution in [2.45, 2.75) is 44.2 Å². The average molecular weight is 410 g/mol. The summed E-state index contributed by atoms with van der Waals surface area (Å²) >= 11 is 1.68. The number of hydrogen-bond acceptors (Lipinski definition) is 5. The second-order valence-corrected chi connectivity index (χ2v) is 8.35. The lowest BCUT2D eigenvalue weighted by atomic mass is 9.87. The molecule has 3 aromatic rings. The van der Waals surface area contributed by atoms with E-state index in [0.29, 0.717) is 31.5 Å². The van der Waals surface area contributed by atoms with Crippen LogP contribution < -0.4 is 10.6 Å². The minimum absolute atomic E-state index is 0.0500. The largest absolute Gasteiger partial charge is 0.350 e. The number of benzene rings is 1. The number of hydrogen-bond donors (Lipinski definition) is 2. The van der Waals surface area contributed by atoms with E-state index in [1.54, 1.807) is 22.3 Å². The van der Waals surface area contributed by atoms with Crippen molar-refractivity contribution < 1.29 is 9.59 Å². The smallest absolute Gasteiger partial charge is 0.220 e. The first-order valence-electron chi connectivity index (χ1n) is 9.69. The standard InChI is InChI=1S/C21H23N5O2S/c27-19(22-14-16-15-23-26(25-16)17-5-2-1-3-6-17)8-10-21(11-9-20(28)24-21)13-18-7-4-12-29-18/h1-7,12,15H,8-11,13-14H2,(H,22,27)(H,24,28)/t21-/m0/s1. The maximum Gasteiger partial charge on any atom is 0.220 e. The van der Waals surface area contributed by atoms with Gasteiger partial charge in [-0.3, -0.25) is 9.59 Å². The Morgan fingerprint density at radius 3 is 2.83 bits per heavy atom. The van der Waals surface area contributed by atoms with Crippen molar-refractivity contribution in [3.05, 3.63) is 64.6 Å². The van der Waals surface area contributed by atoms with Crippen LogP contribution >= 0.6 is 11.3 Å². The third kappa shape index (κ3) is 4.89. The summed E-state index contributed by atoms with van der Waals surface area (Å²) in [5, 5.41) is 16.7. The summed E-state index contributed by atoms with van der Waals surface area (Å²) in [7, 11) is 0. The molecule has 1 aliphatic rings. The first-order valence-corrected chi connectivity index (χ1v) is 10.6. The number of rotatable bonds is 8. The van der Waals surface area contributed by atoms with Crippen LogP contribution in [0.15, 0.2) is 54.0 Å². The van der Waals surface area contributed by atoms with Crippen LogP contribution in [0.3, 0.4) is 0 Å². The van der Waals surface area contributed by atoms with Gasteiger partial charge >= 0.3 is 0 Å². The second kappa shape index (κ2) is 8.57. The van der Waals surface area contributed by atoms with Crippen LogP contribution in [0.4, 0.5) is 0 Å². The molecule has 4 rings (SSSR count). The number of thiophene rings is 1. The van der Waals surface area contributed by atoms with Gasteiger partial charge < -0.3 is 10.6 Å². The third-order valence-corrected chi connectivity index (χ3v) is 6.03. The number of nitrogens with one attached hydrogen (secondary N) is 2. The average Bonchev–Trinajstić information content (AvgIpc) is 3.48. The molecule has 29 heavy (non-hydrogen) atoms. The molecule has 150 valence electrons. The maximum absolute atomic E-state index is 12.4. The van der Waals surface area contributed by atoms with Crippen molar-refractivity contribution in [3.63, 3.8) is 0 Å². The van der Waals surface area contributed by atoms with E-state index in [2.05, 4.69) is 26.9 Å². The molecular weight excluding hydrogens is 386 g/mol. The van der Waals surface area contributed by atoms with E-state index in [9.17, 15) is 9.59 Å². The molecule has 2 aromatic heterocycles. The Morgan fingerprint density at radius 2 is 2.10 bits per heavy atom. The van der Waals surface area contributed by atoms with Gasteiger partial charge in [-0.1, -0.05) is 24.3 Å². The minimum atomic E-state index is -0.324. The van der Waals surface area contributed by atoms with E-state index < -0.39 is 0 Å². The predicted octanol–water partition coefficient (Wildman–Crippen LogP) is 2.62. The maximum atomic E-state index is 12.4. The molecule has 0 unspecified atom stereocenters. The lowest BCUT2D eigenvalue weighted by molar-refractivity contribution is -0.122. The fraction of sp³-hybridized carbons (Fsp3) is 0.333. The van der Waals surface area contributed by atoms with Crippen LogP contribution in [-0.2, 0) is 22.6 Å². The van der Waals surface area contributed by atoms with Gasteiger partial charge in [-0.05, 0) is 36.4 Å². The molecule has 1 saturated heterocycles. The van der Waals surface area contributed by atoms with Gasteiger partial charge in [-0.2, -0.15) is 15.0 Å². The summed E-state index contributed by atoms with van der Waals surface area (Å²) in [5.41, 5.74) is 1.25. The molecule has 1 atom stereocenters. The number of amides is 2. The zero-order valence-corrected chi connectivity index (χ0v) is 16.8. The molecule has 1 fully saturated rings. The molecule has 2 N–H and O–H groups in total. The van der Waals surface area contributed by atoms with E-state index in [-0.39, 0.29) is 17.4 Å². The van der Waals surface area contributed by atoms with E-state index >= 15 is 0 Å². The Hall–Kier alpha value is -3.00. The van der Waals surface area contributed by atoms with Gasteiger partial charge in [-0.25, -0.2) is 0 Å². The molecule has 1 aliphatic heterocycles. The Morgan fingerprint density at radius 1 is 1.24 bits per heavy atom. The normalized spacial score (nSPS) is 18.6. The van der Waals surface area contributed by atoms with Crippen LogP contribution in [0.2, 0.25) is 0 Å². The SMILES string of the molecule is O=C(CC[C@@]1(Cc2cccs2)CCC(=O)N1)NCc1cnn(-c2ccccc2)n1. The molecule has 0 radical (unpaired) electrons. The summed E-state index contributed by atoms with van der Waals surface area (Å²) in [4.78, 5) is 27.0. The Labute approximate surface area is 173 Å². The number of nitrogens with zero attached hydrogens (tertiary/aromatic N) is 3. The highest BCUT2D eigenvalue weighted by Crippen LogP contribution is 2.30. The van der Waals surface area contributed by atoms with E-state index in [1.807, 2.05) is 41.8 Å². The molecule has 0 spiro atoms. The molecule has 2 amide bonds. The van der Waals surface area contributed by atoms with Crippen molar-refractivity contribution in [1.82, 2.24) is 25.6 Å². The van der Waals surface area contributed by atoms with Crippen LogP contribution in [0.25, 0.3) is 5.69 Å². The highest BCUT2D eigenvalue weighted by molar-refractivity contribution is 7.09. The lowest BCUT2D eigenvalue weighted by Crippen LogP contribution is -2.44. The first-order chi connectivity index (χ1) is 14.1. The summed E-state index contributed by atoms with van der Waals surface area (Å²) < 4.78 is 0. The molecular formula is C21H23N5O2S. The highest BCUT2D eigenvalue weighted by atomic mass is 32.1. The number of para-hydroxylation sites is 1. The lowest BCUT2D eigenvalue weighted by Gasteiger charge is -2.28. The van der Waals surface area contributed by atoms with Gasteiger partial charge in [-0.15, -0.1) is 11.3 Å². The van der Waals surface area contributed by atoms with Crippen molar-refractivity contribution >= 4 is 23.2 Å². The molecule has 0 aliphatic carbocycles. The zero-order valence-electron chi connectivity index (χ0n) is 16.0. The Balaban J connectivity index is 1.30. The van der Waals surface area contributed by atoms with Crippen molar-refractivity contribution in [1.29, 1.82) is 0 Å². The predicted molar refractivity (Wildman–Crippen MR) is 111 cm³/mol. The van der Waals surface area contributed by atoms with Crippen molar-refractivity contribution in [2.24, 2.45) is 0 Å². The topological polar surface area (TPSA) is 88.9 Å². The minimum Gasteiger partial charge on any atom is -0.350 e. The van der Waals surface area contributed by atoms with Gasteiger partial charge in [0.2, 0.25) is 11.8 Å². The molecule has 3 heterocycles. The third-order valence-electron chi connectivity index (χ3n) is 5.15.